The molecule has 1 aliphatic carbocycles. The van der Waals surface area contributed by atoms with Crippen molar-refractivity contribution in [2.45, 2.75) is 50.9 Å². The highest BCUT2D eigenvalue weighted by molar-refractivity contribution is 5.77. The molecule has 0 radical (unpaired) electrons. The van der Waals surface area contributed by atoms with Crippen LogP contribution < -0.4 is 16.6 Å². The van der Waals surface area contributed by atoms with Crippen molar-refractivity contribution in [2.75, 3.05) is 26.3 Å². The van der Waals surface area contributed by atoms with Crippen LogP contribution in [0.15, 0.2) is 95.0 Å². The maximum Gasteiger partial charge on any atom is 0.337 e. The second kappa shape index (κ2) is 13.6. The summed E-state index contributed by atoms with van der Waals surface area (Å²) >= 11 is 0. The second-order valence-electron chi connectivity index (χ2n) is 13.2. The summed E-state index contributed by atoms with van der Waals surface area (Å²) in [5.41, 5.74) is 4.30. The van der Waals surface area contributed by atoms with E-state index in [1.54, 1.807) is 24.4 Å². The quantitative estimate of drug-likeness (QED) is 0.236. The van der Waals surface area contributed by atoms with Gasteiger partial charge in [-0.3, -0.25) is 14.3 Å². The van der Waals surface area contributed by atoms with E-state index in [1.165, 1.54) is 15.2 Å². The van der Waals surface area contributed by atoms with Crippen molar-refractivity contribution >= 4 is 16.7 Å². The summed E-state index contributed by atoms with van der Waals surface area (Å²) in [6, 6.07) is 17.9. The smallest absolute Gasteiger partial charge is 0.337 e. The van der Waals surface area contributed by atoms with E-state index in [4.69, 9.17) is 4.74 Å². The van der Waals surface area contributed by atoms with E-state index in [9.17, 15) is 19.1 Å². The van der Waals surface area contributed by atoms with E-state index < -0.39 is 17.1 Å². The highest BCUT2D eigenvalue weighted by Crippen LogP contribution is 2.31. The van der Waals surface area contributed by atoms with Gasteiger partial charge in [-0.25, -0.2) is 23.7 Å². The van der Waals surface area contributed by atoms with Gasteiger partial charge < -0.3 is 19.6 Å². The van der Waals surface area contributed by atoms with Crippen LogP contribution in [0.2, 0.25) is 0 Å². The van der Waals surface area contributed by atoms with Gasteiger partial charge in [0.15, 0.2) is 5.65 Å². The SMILES string of the molecule is O=c1c2cc(F)cnc2n(-c2cccc(-c3ccc(O)cc3CN3CCOCC3)c2)c(=O)n1[C@H]1CC[C@@H](NCc2cccn3ccnc23)CC1. The third-order valence-electron chi connectivity index (χ3n) is 10.0. The molecule has 6 aromatic rings. The Kier molecular flexibility index (Phi) is 8.73. The van der Waals surface area contributed by atoms with Crippen molar-refractivity contribution in [2.24, 2.45) is 0 Å². The van der Waals surface area contributed by atoms with Crippen LogP contribution in [0.25, 0.3) is 33.5 Å². The fourth-order valence-electron chi connectivity index (χ4n) is 7.48. The number of hydrogen-bond acceptors (Lipinski definition) is 8. The van der Waals surface area contributed by atoms with Crippen molar-refractivity contribution in [1.82, 2.24) is 33.7 Å². The molecule has 8 rings (SSSR count). The van der Waals surface area contributed by atoms with E-state index in [2.05, 4.69) is 26.3 Å². The molecule has 0 amide bonds. The number of ether oxygens (including phenoxy) is 1. The Morgan fingerprint density at radius 1 is 0.900 bits per heavy atom. The fourth-order valence-corrected chi connectivity index (χ4v) is 7.48. The number of pyridine rings is 2. The van der Waals surface area contributed by atoms with Gasteiger partial charge in [0.1, 0.15) is 17.2 Å². The van der Waals surface area contributed by atoms with Crippen LogP contribution in [0.3, 0.4) is 0 Å². The summed E-state index contributed by atoms with van der Waals surface area (Å²) < 4.78 is 24.8. The lowest BCUT2D eigenvalue weighted by molar-refractivity contribution is 0.0342. The molecule has 0 spiro atoms. The van der Waals surface area contributed by atoms with Crippen molar-refractivity contribution in [3.8, 4) is 22.6 Å². The average Bonchev–Trinajstić information content (AvgIpc) is 3.62. The molecule has 0 unspecified atom stereocenters. The van der Waals surface area contributed by atoms with Crippen LogP contribution >= 0.6 is 0 Å². The molecule has 0 atom stereocenters. The van der Waals surface area contributed by atoms with Gasteiger partial charge in [-0.05, 0) is 78.8 Å². The van der Waals surface area contributed by atoms with Crippen LogP contribution in [-0.2, 0) is 17.8 Å². The normalized spacial score (nSPS) is 18.6. The lowest BCUT2D eigenvalue weighted by Gasteiger charge is -2.30. The summed E-state index contributed by atoms with van der Waals surface area (Å²) in [5, 5.41) is 14.1. The molecule has 5 heterocycles. The predicted molar refractivity (Wildman–Crippen MR) is 188 cm³/mol. The molecule has 11 nitrogen and oxygen atoms in total. The second-order valence-corrected chi connectivity index (χ2v) is 13.2. The summed E-state index contributed by atoms with van der Waals surface area (Å²) in [7, 11) is 0. The molecule has 0 bridgehead atoms. The first-order valence-electron chi connectivity index (χ1n) is 17.1. The van der Waals surface area contributed by atoms with Gasteiger partial charge in [-0.15, -0.1) is 0 Å². The van der Waals surface area contributed by atoms with Crippen LogP contribution in [0.5, 0.6) is 5.75 Å². The summed E-state index contributed by atoms with van der Waals surface area (Å²) in [4.78, 5) is 39.3. The molecule has 2 aliphatic rings. The van der Waals surface area contributed by atoms with E-state index >= 15 is 0 Å². The van der Waals surface area contributed by atoms with Crippen molar-refractivity contribution in [3.63, 3.8) is 0 Å². The van der Waals surface area contributed by atoms with Gasteiger partial charge in [0.2, 0.25) is 0 Å². The van der Waals surface area contributed by atoms with Gasteiger partial charge in [-0.1, -0.05) is 24.3 Å². The zero-order valence-electron chi connectivity index (χ0n) is 27.5. The van der Waals surface area contributed by atoms with Crippen molar-refractivity contribution < 1.29 is 14.2 Å². The number of aromatic hydroxyl groups is 1. The van der Waals surface area contributed by atoms with E-state index in [1.807, 2.05) is 47.1 Å². The monoisotopic (exact) mass is 675 g/mol. The molecule has 2 fully saturated rings. The van der Waals surface area contributed by atoms with Crippen LogP contribution in [-0.4, -0.2) is 65.9 Å². The standard InChI is InChI=1S/C38H38FN7O4/c39-28-21-34-36(42-23-28)45(31-5-1-3-25(19-31)33-11-10-32(47)20-27(33)24-43-15-17-50-18-16-43)38(49)46(37(34)48)30-8-6-29(7-9-30)41-22-26-4-2-13-44-14-12-40-35(26)44/h1-5,10-14,19-21,23,29-30,41,47H,6-9,15-18,22,24H2/t29-,30+. The molecule has 1 aliphatic heterocycles. The molecule has 4 aromatic heterocycles. The first kappa shape index (κ1) is 32.1. The number of aromatic nitrogens is 5. The maximum atomic E-state index is 14.6. The molecular formula is C38H38FN7O4. The average molecular weight is 676 g/mol. The Morgan fingerprint density at radius 2 is 1.74 bits per heavy atom. The van der Waals surface area contributed by atoms with Crippen molar-refractivity contribution in [1.29, 1.82) is 0 Å². The minimum absolute atomic E-state index is 0.0562. The number of fused-ring (bicyclic) bond motifs is 2. The molecule has 1 saturated heterocycles. The maximum absolute atomic E-state index is 14.6. The number of nitrogens with one attached hydrogen (secondary N) is 1. The zero-order valence-corrected chi connectivity index (χ0v) is 27.5. The number of phenolic OH excluding ortho intramolecular Hbond substituents is 1. The van der Waals surface area contributed by atoms with Gasteiger partial charge >= 0.3 is 5.69 Å². The Morgan fingerprint density at radius 3 is 2.58 bits per heavy atom. The molecular weight excluding hydrogens is 637 g/mol. The zero-order chi connectivity index (χ0) is 34.2. The predicted octanol–water partition coefficient (Wildman–Crippen LogP) is 4.81. The van der Waals surface area contributed by atoms with Crippen molar-refractivity contribution in [3.05, 3.63) is 123 Å². The molecule has 50 heavy (non-hydrogen) atoms. The molecule has 1 saturated carbocycles. The number of morpholine rings is 1. The highest BCUT2D eigenvalue weighted by atomic mass is 19.1. The first-order valence-corrected chi connectivity index (χ1v) is 17.1. The number of hydrogen-bond donors (Lipinski definition) is 2. The number of benzene rings is 2. The molecule has 12 heteroatoms. The Hall–Kier alpha value is -5.17. The van der Waals surface area contributed by atoms with E-state index in [-0.39, 0.29) is 28.9 Å². The van der Waals surface area contributed by atoms with Gasteiger partial charge in [0, 0.05) is 62.4 Å². The van der Waals surface area contributed by atoms with Crippen LogP contribution in [0.1, 0.15) is 42.9 Å². The van der Waals surface area contributed by atoms with Gasteiger partial charge in [0.05, 0.1) is 30.5 Å². The van der Waals surface area contributed by atoms with Crippen LogP contribution in [0, 0.1) is 5.82 Å². The van der Waals surface area contributed by atoms with Gasteiger partial charge in [-0.2, -0.15) is 0 Å². The topological polar surface area (TPSA) is 119 Å². The third-order valence-corrected chi connectivity index (χ3v) is 10.0. The Labute approximate surface area is 287 Å². The highest BCUT2D eigenvalue weighted by Gasteiger charge is 2.27. The van der Waals surface area contributed by atoms with Gasteiger partial charge in [0.25, 0.3) is 5.56 Å². The Balaban J connectivity index is 1.11. The number of halogens is 1. The van der Waals surface area contributed by atoms with E-state index in [0.29, 0.717) is 44.8 Å². The minimum Gasteiger partial charge on any atom is -0.508 e. The summed E-state index contributed by atoms with van der Waals surface area (Å²) in [6.45, 7) is 4.19. The molecule has 256 valence electrons. The number of imidazole rings is 1. The lowest BCUT2D eigenvalue weighted by atomic mass is 9.90. The molecule has 2 aromatic carbocycles. The van der Waals surface area contributed by atoms with Crippen LogP contribution in [0.4, 0.5) is 4.39 Å². The lowest BCUT2D eigenvalue weighted by Crippen LogP contribution is -2.44. The third kappa shape index (κ3) is 6.21. The minimum atomic E-state index is -0.641. The largest absolute Gasteiger partial charge is 0.508 e. The number of phenols is 1. The summed E-state index contributed by atoms with van der Waals surface area (Å²) in [5.74, 6) is -0.466. The first-order chi connectivity index (χ1) is 24.4. The summed E-state index contributed by atoms with van der Waals surface area (Å²) in [6.07, 6.45) is 9.50. The Bertz CT molecular complexity index is 2300. The molecule has 2 N–H and O–H groups in total. The number of nitrogens with zero attached hydrogens (tertiary/aromatic N) is 6. The fraction of sp³-hybridized carbons (Fsp3) is 0.316. The number of rotatable bonds is 8. The van der Waals surface area contributed by atoms with E-state index in [0.717, 1.165) is 60.0 Å².